The first-order chi connectivity index (χ1) is 8.54. The summed E-state index contributed by atoms with van der Waals surface area (Å²) in [6.07, 6.45) is 2.26. The SMILES string of the molecule is CCc1nn(C)c(CC(O)C2CCOC2C)c1Br. The Bertz CT molecular complexity index is 419. The minimum Gasteiger partial charge on any atom is -0.392 e. The van der Waals surface area contributed by atoms with Crippen molar-refractivity contribution < 1.29 is 9.84 Å². The van der Waals surface area contributed by atoms with Gasteiger partial charge in [-0.2, -0.15) is 5.10 Å². The molecular formula is C13H21BrN2O2. The highest BCUT2D eigenvalue weighted by molar-refractivity contribution is 9.10. The number of halogens is 1. The van der Waals surface area contributed by atoms with Crippen LogP contribution in [0, 0.1) is 5.92 Å². The lowest BCUT2D eigenvalue weighted by Gasteiger charge is -2.21. The Balaban J connectivity index is 2.11. The van der Waals surface area contributed by atoms with Gasteiger partial charge in [-0.15, -0.1) is 0 Å². The fourth-order valence-corrected chi connectivity index (χ4v) is 3.42. The average molecular weight is 317 g/mol. The fourth-order valence-electron chi connectivity index (χ4n) is 2.64. The van der Waals surface area contributed by atoms with E-state index in [0.29, 0.717) is 6.42 Å². The molecule has 5 heteroatoms. The van der Waals surface area contributed by atoms with Gasteiger partial charge in [0, 0.05) is 26.0 Å². The predicted octanol–water partition coefficient (Wildman–Crippen LogP) is 2.07. The Morgan fingerprint density at radius 1 is 1.61 bits per heavy atom. The summed E-state index contributed by atoms with van der Waals surface area (Å²) in [7, 11) is 1.93. The molecular weight excluding hydrogens is 296 g/mol. The van der Waals surface area contributed by atoms with E-state index in [-0.39, 0.29) is 18.1 Å². The third kappa shape index (κ3) is 2.63. The molecule has 18 heavy (non-hydrogen) atoms. The Morgan fingerprint density at radius 2 is 2.33 bits per heavy atom. The largest absolute Gasteiger partial charge is 0.392 e. The summed E-state index contributed by atoms with van der Waals surface area (Å²) in [4.78, 5) is 0. The number of rotatable bonds is 4. The van der Waals surface area contributed by atoms with Crippen LogP contribution in [0.4, 0.5) is 0 Å². The number of ether oxygens (including phenoxy) is 1. The Morgan fingerprint density at radius 3 is 2.83 bits per heavy atom. The van der Waals surface area contributed by atoms with E-state index in [1.165, 1.54) is 0 Å². The molecule has 0 radical (unpaired) electrons. The first kappa shape index (κ1) is 14.0. The summed E-state index contributed by atoms with van der Waals surface area (Å²) in [5.74, 6) is 0.233. The van der Waals surface area contributed by atoms with E-state index >= 15 is 0 Å². The van der Waals surface area contributed by atoms with E-state index in [1.54, 1.807) is 0 Å². The van der Waals surface area contributed by atoms with Crippen molar-refractivity contribution in [3.05, 3.63) is 15.9 Å². The molecule has 1 fully saturated rings. The van der Waals surface area contributed by atoms with Crippen LogP contribution < -0.4 is 0 Å². The van der Waals surface area contributed by atoms with Gasteiger partial charge in [-0.1, -0.05) is 6.92 Å². The van der Waals surface area contributed by atoms with Crippen LogP contribution in [0.2, 0.25) is 0 Å². The van der Waals surface area contributed by atoms with Gasteiger partial charge in [0.1, 0.15) is 0 Å². The third-order valence-corrected chi connectivity index (χ3v) is 4.75. The highest BCUT2D eigenvalue weighted by Crippen LogP contribution is 2.29. The van der Waals surface area contributed by atoms with Crippen LogP contribution in [0.25, 0.3) is 0 Å². The van der Waals surface area contributed by atoms with Gasteiger partial charge < -0.3 is 9.84 Å². The number of hydrogen-bond acceptors (Lipinski definition) is 3. The summed E-state index contributed by atoms with van der Waals surface area (Å²) in [6, 6.07) is 0. The molecule has 0 spiro atoms. The Labute approximate surface area is 116 Å². The van der Waals surface area contributed by atoms with Crippen LogP contribution >= 0.6 is 15.9 Å². The van der Waals surface area contributed by atoms with E-state index in [9.17, 15) is 5.11 Å². The predicted molar refractivity (Wildman–Crippen MR) is 73.5 cm³/mol. The molecule has 2 heterocycles. The molecule has 0 aromatic carbocycles. The molecule has 102 valence electrons. The smallest absolute Gasteiger partial charge is 0.0766 e. The maximum Gasteiger partial charge on any atom is 0.0766 e. The van der Waals surface area contributed by atoms with E-state index < -0.39 is 0 Å². The summed E-state index contributed by atoms with van der Waals surface area (Å²) >= 11 is 3.59. The molecule has 1 saturated heterocycles. The molecule has 0 amide bonds. The molecule has 1 aromatic rings. The standard InChI is InChI=1S/C13H21BrN2O2/c1-4-10-13(14)11(16(3)15-10)7-12(17)9-5-6-18-8(9)2/h8-9,12,17H,4-7H2,1-3H3. The monoisotopic (exact) mass is 316 g/mol. The Hall–Kier alpha value is -0.390. The van der Waals surface area contributed by atoms with Crippen molar-refractivity contribution in [1.82, 2.24) is 9.78 Å². The van der Waals surface area contributed by atoms with Crippen molar-refractivity contribution in [3.63, 3.8) is 0 Å². The van der Waals surface area contributed by atoms with E-state index in [2.05, 4.69) is 28.0 Å². The number of hydrogen-bond donors (Lipinski definition) is 1. The summed E-state index contributed by atoms with van der Waals surface area (Å²) in [5.41, 5.74) is 2.12. The number of nitrogens with zero attached hydrogens (tertiary/aromatic N) is 2. The van der Waals surface area contributed by atoms with Crippen LogP contribution in [-0.4, -0.2) is 33.7 Å². The second-order valence-electron chi connectivity index (χ2n) is 4.98. The number of aromatic nitrogens is 2. The maximum atomic E-state index is 10.4. The van der Waals surface area contributed by atoms with E-state index in [1.807, 2.05) is 18.7 Å². The molecule has 1 N–H and O–H groups in total. The highest BCUT2D eigenvalue weighted by Gasteiger charge is 2.31. The van der Waals surface area contributed by atoms with Gasteiger partial charge in [0.2, 0.25) is 0 Å². The van der Waals surface area contributed by atoms with Gasteiger partial charge in [0.15, 0.2) is 0 Å². The van der Waals surface area contributed by atoms with Gasteiger partial charge in [-0.25, -0.2) is 0 Å². The van der Waals surface area contributed by atoms with Gasteiger partial charge in [-0.3, -0.25) is 4.68 Å². The molecule has 1 aliphatic rings. The quantitative estimate of drug-likeness (QED) is 0.925. The molecule has 4 nitrogen and oxygen atoms in total. The van der Waals surface area contributed by atoms with Crippen molar-refractivity contribution in [1.29, 1.82) is 0 Å². The lowest BCUT2D eigenvalue weighted by Crippen LogP contribution is -2.29. The molecule has 1 aliphatic heterocycles. The van der Waals surface area contributed by atoms with Crippen LogP contribution in [0.15, 0.2) is 4.47 Å². The number of aryl methyl sites for hydroxylation is 2. The topological polar surface area (TPSA) is 47.3 Å². The molecule has 0 bridgehead atoms. The molecule has 3 unspecified atom stereocenters. The summed E-state index contributed by atoms with van der Waals surface area (Å²) in [6.45, 7) is 4.88. The van der Waals surface area contributed by atoms with E-state index in [4.69, 9.17) is 4.74 Å². The molecule has 3 atom stereocenters. The second-order valence-corrected chi connectivity index (χ2v) is 5.78. The van der Waals surface area contributed by atoms with Crippen molar-refractivity contribution in [2.24, 2.45) is 13.0 Å². The minimum absolute atomic E-state index is 0.151. The summed E-state index contributed by atoms with van der Waals surface area (Å²) in [5, 5.41) is 14.8. The third-order valence-electron chi connectivity index (χ3n) is 3.83. The zero-order valence-electron chi connectivity index (χ0n) is 11.2. The van der Waals surface area contributed by atoms with Crippen LogP contribution in [0.1, 0.15) is 31.7 Å². The highest BCUT2D eigenvalue weighted by atomic mass is 79.9. The van der Waals surface area contributed by atoms with Crippen LogP contribution in [0.3, 0.4) is 0 Å². The van der Waals surface area contributed by atoms with E-state index in [0.717, 1.165) is 35.3 Å². The van der Waals surface area contributed by atoms with Gasteiger partial charge >= 0.3 is 0 Å². The first-order valence-electron chi connectivity index (χ1n) is 6.54. The first-order valence-corrected chi connectivity index (χ1v) is 7.33. The van der Waals surface area contributed by atoms with Crippen molar-refractivity contribution in [2.75, 3.05) is 6.61 Å². The summed E-state index contributed by atoms with van der Waals surface area (Å²) < 4.78 is 8.42. The van der Waals surface area contributed by atoms with Gasteiger partial charge in [0.25, 0.3) is 0 Å². The lowest BCUT2D eigenvalue weighted by molar-refractivity contribution is 0.0431. The van der Waals surface area contributed by atoms with Crippen LogP contribution in [0.5, 0.6) is 0 Å². The van der Waals surface area contributed by atoms with Crippen molar-refractivity contribution >= 4 is 15.9 Å². The van der Waals surface area contributed by atoms with Gasteiger partial charge in [0.05, 0.1) is 28.1 Å². The zero-order valence-corrected chi connectivity index (χ0v) is 12.8. The molecule has 2 rings (SSSR count). The number of aliphatic hydroxyl groups is 1. The average Bonchev–Trinajstić information content (AvgIpc) is 2.87. The fraction of sp³-hybridized carbons (Fsp3) is 0.769. The Kier molecular flexibility index (Phi) is 4.45. The minimum atomic E-state index is -0.362. The van der Waals surface area contributed by atoms with Crippen LogP contribution in [-0.2, 0) is 24.6 Å². The number of aliphatic hydroxyl groups excluding tert-OH is 1. The van der Waals surface area contributed by atoms with Crippen molar-refractivity contribution in [2.45, 2.75) is 45.3 Å². The molecule has 1 aromatic heterocycles. The normalized spacial score (nSPS) is 25.6. The van der Waals surface area contributed by atoms with Gasteiger partial charge in [-0.05, 0) is 35.7 Å². The zero-order chi connectivity index (χ0) is 13.3. The lowest BCUT2D eigenvalue weighted by atomic mass is 9.92. The maximum absolute atomic E-state index is 10.4. The van der Waals surface area contributed by atoms with Crippen molar-refractivity contribution in [3.8, 4) is 0 Å². The second kappa shape index (κ2) is 5.72. The molecule has 0 aliphatic carbocycles. The molecule has 0 saturated carbocycles.